The predicted octanol–water partition coefficient (Wildman–Crippen LogP) is 1.03. The fourth-order valence-electron chi connectivity index (χ4n) is 3.27. The van der Waals surface area contributed by atoms with Crippen LogP contribution in [0.5, 0.6) is 0 Å². The molecule has 2 heterocycles. The Balaban J connectivity index is 1.43. The third-order valence-electron chi connectivity index (χ3n) is 4.70. The van der Waals surface area contributed by atoms with Crippen molar-refractivity contribution in [1.29, 1.82) is 5.41 Å². The summed E-state index contributed by atoms with van der Waals surface area (Å²) in [6, 6.07) is 7.45. The number of hydrogen-bond acceptors (Lipinski definition) is 6. The monoisotopic (exact) mass is 360 g/mol. The highest BCUT2D eigenvalue weighted by Crippen LogP contribution is 2.20. The van der Waals surface area contributed by atoms with Crippen LogP contribution in [0.15, 0.2) is 29.4 Å². The summed E-state index contributed by atoms with van der Waals surface area (Å²) in [5.41, 5.74) is 8.06. The first-order valence-electron chi connectivity index (χ1n) is 8.74. The molecule has 2 aliphatic rings. The van der Waals surface area contributed by atoms with Gasteiger partial charge in [0.05, 0.1) is 11.8 Å². The van der Waals surface area contributed by atoms with Crippen molar-refractivity contribution >= 4 is 17.5 Å². The van der Waals surface area contributed by atoms with E-state index >= 15 is 0 Å². The summed E-state index contributed by atoms with van der Waals surface area (Å²) in [4.78, 5) is 18.4. The molecule has 8 nitrogen and oxygen atoms in total. The summed E-state index contributed by atoms with van der Waals surface area (Å²) < 4.78 is 5.36. The number of carboxylic acid groups (broad SMARTS) is 1. The Labute approximate surface area is 152 Å². The third-order valence-corrected chi connectivity index (χ3v) is 4.70. The van der Waals surface area contributed by atoms with Crippen LogP contribution in [-0.4, -0.2) is 66.0 Å². The first kappa shape index (κ1) is 18.3. The fraction of sp³-hybridized carbons (Fsp3) is 0.500. The molecule has 0 saturated carbocycles. The van der Waals surface area contributed by atoms with Crippen LogP contribution in [0, 0.1) is 5.41 Å². The van der Waals surface area contributed by atoms with Gasteiger partial charge in [0.25, 0.3) is 0 Å². The molecular formula is C18H24N4O4. The van der Waals surface area contributed by atoms with Gasteiger partial charge in [-0.3, -0.25) is 10.3 Å². The van der Waals surface area contributed by atoms with Crippen LogP contribution >= 0.6 is 0 Å². The fourth-order valence-corrected chi connectivity index (χ4v) is 3.27. The van der Waals surface area contributed by atoms with E-state index in [0.29, 0.717) is 5.56 Å². The molecule has 3 rings (SSSR count). The van der Waals surface area contributed by atoms with E-state index in [0.717, 1.165) is 50.2 Å². The summed E-state index contributed by atoms with van der Waals surface area (Å²) in [6.07, 6.45) is 2.46. The van der Waals surface area contributed by atoms with Crippen LogP contribution < -0.4 is 5.73 Å². The average Bonchev–Trinajstić information content (AvgIpc) is 3.09. The Hall–Kier alpha value is -2.45. The van der Waals surface area contributed by atoms with Gasteiger partial charge in [0.15, 0.2) is 0 Å². The Morgan fingerprint density at radius 1 is 1.35 bits per heavy atom. The van der Waals surface area contributed by atoms with Crippen LogP contribution in [0.2, 0.25) is 0 Å². The molecule has 0 spiro atoms. The number of rotatable bonds is 7. The SMILES string of the molecule is N=C(N)c1ccc(C2=NOC(CN3CCC(OCC(=O)O)CC3)C2)cc1. The van der Waals surface area contributed by atoms with E-state index in [1.807, 2.05) is 24.3 Å². The van der Waals surface area contributed by atoms with Gasteiger partial charge in [0, 0.05) is 31.6 Å². The van der Waals surface area contributed by atoms with E-state index in [1.165, 1.54) is 0 Å². The summed E-state index contributed by atoms with van der Waals surface area (Å²) in [7, 11) is 0. The van der Waals surface area contributed by atoms with Crippen molar-refractivity contribution in [3.63, 3.8) is 0 Å². The minimum absolute atomic E-state index is 0.0222. The zero-order valence-electron chi connectivity index (χ0n) is 14.6. The topological polar surface area (TPSA) is 121 Å². The smallest absolute Gasteiger partial charge is 0.329 e. The molecule has 2 aliphatic heterocycles. The van der Waals surface area contributed by atoms with Crippen LogP contribution in [0.1, 0.15) is 30.4 Å². The van der Waals surface area contributed by atoms with Crippen molar-refractivity contribution in [1.82, 2.24) is 4.90 Å². The predicted molar refractivity (Wildman–Crippen MR) is 96.5 cm³/mol. The number of amidine groups is 1. The lowest BCUT2D eigenvalue weighted by molar-refractivity contribution is -0.145. The molecule has 0 amide bonds. The average molecular weight is 360 g/mol. The molecule has 26 heavy (non-hydrogen) atoms. The minimum Gasteiger partial charge on any atom is -0.480 e. The van der Waals surface area contributed by atoms with Crippen molar-refractivity contribution in [3.8, 4) is 0 Å². The van der Waals surface area contributed by atoms with E-state index in [2.05, 4.69) is 10.1 Å². The van der Waals surface area contributed by atoms with E-state index in [4.69, 9.17) is 25.8 Å². The van der Waals surface area contributed by atoms with Crippen LogP contribution in [-0.2, 0) is 14.4 Å². The molecule has 1 saturated heterocycles. The van der Waals surface area contributed by atoms with Gasteiger partial charge < -0.3 is 20.4 Å². The lowest BCUT2D eigenvalue weighted by atomic mass is 10.0. The standard InChI is InChI=1S/C18H24N4O4/c19-18(20)13-3-1-12(2-4-13)16-9-15(26-21-16)10-22-7-5-14(6-8-22)25-11-17(23)24/h1-4,14-15H,5-11H2,(H3,19,20)(H,23,24). The number of carboxylic acids is 1. The minimum atomic E-state index is -0.923. The molecule has 8 heteroatoms. The van der Waals surface area contributed by atoms with Gasteiger partial charge in [-0.1, -0.05) is 29.4 Å². The molecule has 1 fully saturated rings. The van der Waals surface area contributed by atoms with E-state index in [1.54, 1.807) is 0 Å². The third kappa shape index (κ3) is 4.80. The van der Waals surface area contributed by atoms with Gasteiger partial charge in [-0.15, -0.1) is 0 Å². The lowest BCUT2D eigenvalue weighted by Crippen LogP contribution is -2.41. The number of aliphatic carboxylic acids is 1. The van der Waals surface area contributed by atoms with Gasteiger partial charge in [-0.2, -0.15) is 0 Å². The highest BCUT2D eigenvalue weighted by molar-refractivity contribution is 6.02. The van der Waals surface area contributed by atoms with E-state index < -0.39 is 5.97 Å². The number of likely N-dealkylation sites (tertiary alicyclic amines) is 1. The zero-order valence-corrected chi connectivity index (χ0v) is 14.6. The number of piperidine rings is 1. The first-order chi connectivity index (χ1) is 12.5. The highest BCUT2D eigenvalue weighted by atomic mass is 16.6. The Kier molecular flexibility index (Phi) is 5.85. The molecule has 1 unspecified atom stereocenters. The Morgan fingerprint density at radius 3 is 2.65 bits per heavy atom. The van der Waals surface area contributed by atoms with Gasteiger partial charge in [-0.05, 0) is 18.4 Å². The van der Waals surface area contributed by atoms with Crippen LogP contribution in [0.4, 0.5) is 0 Å². The second-order valence-electron chi connectivity index (χ2n) is 6.67. The second kappa shape index (κ2) is 8.29. The maximum absolute atomic E-state index is 10.6. The maximum Gasteiger partial charge on any atom is 0.329 e. The number of carbonyl (C=O) groups is 1. The quantitative estimate of drug-likeness (QED) is 0.493. The molecule has 0 bridgehead atoms. The number of nitrogens with zero attached hydrogens (tertiary/aromatic N) is 2. The van der Waals surface area contributed by atoms with E-state index in [-0.39, 0.29) is 24.7 Å². The molecule has 1 aromatic rings. The molecule has 0 aromatic heterocycles. The molecule has 1 aromatic carbocycles. The summed E-state index contributed by atoms with van der Waals surface area (Å²) in [6.45, 7) is 2.31. The number of benzene rings is 1. The molecule has 0 radical (unpaired) electrons. The number of nitrogens with two attached hydrogens (primary N) is 1. The summed E-state index contributed by atoms with van der Waals surface area (Å²) in [5, 5.41) is 20.3. The Morgan fingerprint density at radius 2 is 2.04 bits per heavy atom. The highest BCUT2D eigenvalue weighted by Gasteiger charge is 2.27. The van der Waals surface area contributed by atoms with E-state index in [9.17, 15) is 4.79 Å². The van der Waals surface area contributed by atoms with Gasteiger partial charge in [0.2, 0.25) is 0 Å². The van der Waals surface area contributed by atoms with Gasteiger partial charge >= 0.3 is 5.97 Å². The first-order valence-corrected chi connectivity index (χ1v) is 8.74. The van der Waals surface area contributed by atoms with Crippen molar-refractivity contribution < 1.29 is 19.5 Å². The van der Waals surface area contributed by atoms with Crippen molar-refractivity contribution in [2.75, 3.05) is 26.2 Å². The van der Waals surface area contributed by atoms with Crippen molar-refractivity contribution in [2.45, 2.75) is 31.5 Å². The number of hydrogen-bond donors (Lipinski definition) is 3. The number of oxime groups is 1. The Bertz CT molecular complexity index is 681. The summed E-state index contributed by atoms with van der Waals surface area (Å²) >= 11 is 0. The van der Waals surface area contributed by atoms with Gasteiger partial charge in [0.1, 0.15) is 18.5 Å². The number of ether oxygens (including phenoxy) is 1. The summed E-state index contributed by atoms with van der Waals surface area (Å²) in [5.74, 6) is -0.873. The van der Waals surface area contributed by atoms with Gasteiger partial charge in [-0.25, -0.2) is 4.79 Å². The number of nitrogen functional groups attached to an aromatic ring is 1. The molecular weight excluding hydrogens is 336 g/mol. The number of nitrogens with one attached hydrogen (secondary N) is 1. The maximum atomic E-state index is 10.6. The molecule has 0 aliphatic carbocycles. The van der Waals surface area contributed by atoms with Crippen LogP contribution in [0.3, 0.4) is 0 Å². The zero-order chi connectivity index (χ0) is 18.5. The molecule has 4 N–H and O–H groups in total. The largest absolute Gasteiger partial charge is 0.480 e. The molecule has 1 atom stereocenters. The second-order valence-corrected chi connectivity index (χ2v) is 6.67. The van der Waals surface area contributed by atoms with Crippen molar-refractivity contribution in [3.05, 3.63) is 35.4 Å². The van der Waals surface area contributed by atoms with Crippen molar-refractivity contribution in [2.24, 2.45) is 10.9 Å². The normalized spacial score (nSPS) is 21.2. The molecule has 140 valence electrons. The lowest BCUT2D eigenvalue weighted by Gasteiger charge is -2.32. The van der Waals surface area contributed by atoms with Crippen LogP contribution in [0.25, 0.3) is 0 Å².